The highest BCUT2D eigenvalue weighted by atomic mass is 79.9. The van der Waals surface area contributed by atoms with Crippen LogP contribution in [0, 0.1) is 11.3 Å². The van der Waals surface area contributed by atoms with Crippen LogP contribution >= 0.6 is 15.9 Å². The Bertz CT molecular complexity index is 581. The zero-order valence-electron chi connectivity index (χ0n) is 11.8. The zero-order valence-corrected chi connectivity index (χ0v) is 13.3. The molecule has 21 heavy (non-hydrogen) atoms. The van der Waals surface area contributed by atoms with E-state index in [0.717, 1.165) is 0 Å². The van der Waals surface area contributed by atoms with Crippen molar-refractivity contribution in [2.24, 2.45) is 0 Å². The van der Waals surface area contributed by atoms with Crippen molar-refractivity contribution in [3.05, 3.63) is 28.2 Å². The molecule has 0 spiro atoms. The van der Waals surface area contributed by atoms with E-state index in [1.807, 2.05) is 19.9 Å². The molecule has 2 amide bonds. The van der Waals surface area contributed by atoms with Crippen LogP contribution in [0.1, 0.15) is 30.6 Å². The van der Waals surface area contributed by atoms with Crippen LogP contribution in [0.3, 0.4) is 0 Å². The number of carboxylic acids is 1. The number of amides is 2. The number of carboxylic acid groups (broad SMARTS) is 1. The van der Waals surface area contributed by atoms with Crippen LogP contribution in [-0.4, -0.2) is 34.6 Å². The van der Waals surface area contributed by atoms with Gasteiger partial charge in [-0.1, -0.05) is 15.9 Å². The Labute approximate surface area is 131 Å². The Morgan fingerprint density at radius 2 is 2.14 bits per heavy atom. The maximum Gasteiger partial charge on any atom is 0.337 e. The van der Waals surface area contributed by atoms with Crippen molar-refractivity contribution in [2.75, 3.05) is 11.9 Å². The van der Waals surface area contributed by atoms with Crippen LogP contribution in [0.5, 0.6) is 0 Å². The summed E-state index contributed by atoms with van der Waals surface area (Å²) in [5.74, 6) is -1.12. The lowest BCUT2D eigenvalue weighted by atomic mass is 10.2. The van der Waals surface area contributed by atoms with E-state index in [4.69, 9.17) is 10.4 Å². The van der Waals surface area contributed by atoms with E-state index in [0.29, 0.717) is 4.47 Å². The average molecular weight is 354 g/mol. The van der Waals surface area contributed by atoms with Gasteiger partial charge in [0.1, 0.15) is 0 Å². The summed E-state index contributed by atoms with van der Waals surface area (Å²) in [7, 11) is 0. The fourth-order valence-electron chi connectivity index (χ4n) is 1.76. The molecule has 0 bridgehead atoms. The van der Waals surface area contributed by atoms with Crippen LogP contribution in [0.2, 0.25) is 0 Å². The predicted molar refractivity (Wildman–Crippen MR) is 82.2 cm³/mol. The molecule has 112 valence electrons. The Morgan fingerprint density at radius 1 is 1.48 bits per heavy atom. The number of carbonyl (C=O) groups is 2. The highest BCUT2D eigenvalue weighted by molar-refractivity contribution is 9.10. The molecular formula is C14H16BrN3O3. The van der Waals surface area contributed by atoms with E-state index >= 15 is 0 Å². The van der Waals surface area contributed by atoms with E-state index < -0.39 is 12.0 Å². The number of carbonyl (C=O) groups excluding carboxylic acids is 1. The van der Waals surface area contributed by atoms with Gasteiger partial charge < -0.3 is 15.3 Å². The first kappa shape index (κ1) is 17.0. The van der Waals surface area contributed by atoms with Gasteiger partial charge in [0.15, 0.2) is 0 Å². The molecule has 0 aromatic heterocycles. The van der Waals surface area contributed by atoms with Gasteiger partial charge in [-0.3, -0.25) is 0 Å². The summed E-state index contributed by atoms with van der Waals surface area (Å²) >= 11 is 3.24. The van der Waals surface area contributed by atoms with E-state index in [1.54, 1.807) is 6.07 Å². The largest absolute Gasteiger partial charge is 0.478 e. The average Bonchev–Trinajstić information content (AvgIpc) is 2.38. The SMILES string of the molecule is CC(C)N(CCC#N)C(=O)Nc1cc(Br)ccc1C(=O)O. The minimum atomic E-state index is -1.12. The van der Waals surface area contributed by atoms with Crippen molar-refractivity contribution in [3.63, 3.8) is 0 Å². The first-order valence-electron chi connectivity index (χ1n) is 6.34. The number of anilines is 1. The monoisotopic (exact) mass is 353 g/mol. The molecule has 0 heterocycles. The normalized spacial score (nSPS) is 10.0. The Kier molecular flexibility index (Phi) is 6.18. The van der Waals surface area contributed by atoms with E-state index in [2.05, 4.69) is 21.2 Å². The summed E-state index contributed by atoms with van der Waals surface area (Å²) in [4.78, 5) is 24.9. The molecule has 6 nitrogen and oxygen atoms in total. The third-order valence-electron chi connectivity index (χ3n) is 2.80. The number of nitrogens with zero attached hydrogens (tertiary/aromatic N) is 2. The lowest BCUT2D eigenvalue weighted by Crippen LogP contribution is -2.40. The summed E-state index contributed by atoms with van der Waals surface area (Å²) in [6.07, 6.45) is 0.218. The van der Waals surface area contributed by atoms with Gasteiger partial charge in [0.05, 0.1) is 23.7 Å². The van der Waals surface area contributed by atoms with E-state index in [9.17, 15) is 9.59 Å². The minimum Gasteiger partial charge on any atom is -0.478 e. The van der Waals surface area contributed by atoms with Gasteiger partial charge in [0.25, 0.3) is 0 Å². The first-order valence-corrected chi connectivity index (χ1v) is 7.13. The molecule has 0 atom stereocenters. The fourth-order valence-corrected chi connectivity index (χ4v) is 2.12. The molecule has 0 aliphatic carbocycles. The van der Waals surface area contributed by atoms with Crippen molar-refractivity contribution in [2.45, 2.75) is 26.3 Å². The van der Waals surface area contributed by atoms with Crippen molar-refractivity contribution in [1.29, 1.82) is 5.26 Å². The summed E-state index contributed by atoms with van der Waals surface area (Å²) in [6, 6.07) is 6.00. The topological polar surface area (TPSA) is 93.4 Å². The Hall–Kier alpha value is -2.07. The van der Waals surface area contributed by atoms with Crippen LogP contribution in [0.4, 0.5) is 10.5 Å². The van der Waals surface area contributed by atoms with Gasteiger partial charge in [-0.05, 0) is 32.0 Å². The van der Waals surface area contributed by atoms with Crippen molar-refractivity contribution < 1.29 is 14.7 Å². The number of rotatable bonds is 5. The predicted octanol–water partition coefficient (Wildman–Crippen LogP) is 3.30. The van der Waals surface area contributed by atoms with Crippen LogP contribution in [-0.2, 0) is 0 Å². The van der Waals surface area contributed by atoms with Gasteiger partial charge in [-0.25, -0.2) is 9.59 Å². The highest BCUT2D eigenvalue weighted by Gasteiger charge is 2.19. The van der Waals surface area contributed by atoms with Gasteiger partial charge in [-0.15, -0.1) is 0 Å². The summed E-state index contributed by atoms with van der Waals surface area (Å²) in [6.45, 7) is 3.95. The molecule has 1 aromatic rings. The Morgan fingerprint density at radius 3 is 2.67 bits per heavy atom. The van der Waals surface area contributed by atoms with Crippen LogP contribution < -0.4 is 5.32 Å². The number of aromatic carboxylic acids is 1. The zero-order chi connectivity index (χ0) is 16.0. The maximum atomic E-state index is 12.2. The quantitative estimate of drug-likeness (QED) is 0.848. The van der Waals surface area contributed by atoms with Gasteiger partial charge in [-0.2, -0.15) is 5.26 Å². The molecule has 0 unspecified atom stereocenters. The van der Waals surface area contributed by atoms with Gasteiger partial charge in [0.2, 0.25) is 0 Å². The third kappa shape index (κ3) is 4.76. The second-order valence-electron chi connectivity index (χ2n) is 4.62. The molecule has 0 saturated heterocycles. The lowest BCUT2D eigenvalue weighted by molar-refractivity contribution is 0.0698. The second kappa shape index (κ2) is 7.64. The molecule has 0 fully saturated rings. The van der Waals surface area contributed by atoms with Crippen molar-refractivity contribution in [1.82, 2.24) is 4.90 Å². The fraction of sp³-hybridized carbons (Fsp3) is 0.357. The third-order valence-corrected chi connectivity index (χ3v) is 3.30. The van der Waals surface area contributed by atoms with E-state index in [1.165, 1.54) is 17.0 Å². The second-order valence-corrected chi connectivity index (χ2v) is 5.54. The number of nitrogens with one attached hydrogen (secondary N) is 1. The number of urea groups is 1. The maximum absolute atomic E-state index is 12.2. The highest BCUT2D eigenvalue weighted by Crippen LogP contribution is 2.22. The molecule has 7 heteroatoms. The Balaban J connectivity index is 2.98. The lowest BCUT2D eigenvalue weighted by Gasteiger charge is -2.26. The van der Waals surface area contributed by atoms with Crippen LogP contribution in [0.25, 0.3) is 0 Å². The van der Waals surface area contributed by atoms with Crippen molar-refractivity contribution >= 4 is 33.6 Å². The number of halogens is 1. The molecule has 1 aromatic carbocycles. The molecule has 0 aliphatic rings. The molecule has 0 radical (unpaired) electrons. The number of nitriles is 1. The molecule has 0 aliphatic heterocycles. The first-order chi connectivity index (χ1) is 9.86. The molecule has 0 saturated carbocycles. The molecule has 2 N–H and O–H groups in total. The standard InChI is InChI=1S/C14H16BrN3O3/c1-9(2)18(7-3-6-16)14(21)17-12-8-10(15)4-5-11(12)13(19)20/h4-5,8-9H,3,7H2,1-2H3,(H,17,21)(H,19,20). The smallest absolute Gasteiger partial charge is 0.337 e. The minimum absolute atomic E-state index is 0.00976. The van der Waals surface area contributed by atoms with Gasteiger partial charge >= 0.3 is 12.0 Å². The molecule has 1 rings (SSSR count). The van der Waals surface area contributed by atoms with E-state index in [-0.39, 0.29) is 30.3 Å². The summed E-state index contributed by atoms with van der Waals surface area (Å²) in [5, 5.41) is 20.4. The van der Waals surface area contributed by atoms with Gasteiger partial charge in [0, 0.05) is 17.1 Å². The number of hydrogen-bond acceptors (Lipinski definition) is 3. The summed E-state index contributed by atoms with van der Waals surface area (Å²) < 4.78 is 0.663. The number of benzene rings is 1. The molecular weight excluding hydrogens is 338 g/mol. The van der Waals surface area contributed by atoms with Crippen molar-refractivity contribution in [3.8, 4) is 6.07 Å². The van der Waals surface area contributed by atoms with Crippen LogP contribution in [0.15, 0.2) is 22.7 Å². The summed E-state index contributed by atoms with van der Waals surface area (Å²) in [5.41, 5.74) is 0.222. The number of hydrogen-bond donors (Lipinski definition) is 2.